The lowest BCUT2D eigenvalue weighted by Crippen LogP contribution is -2.35. The Bertz CT molecular complexity index is 336. The smallest absolute Gasteiger partial charge is 0.0488 e. The number of hydrogen-bond donors (Lipinski definition) is 2. The van der Waals surface area contributed by atoms with Crippen LogP contribution >= 0.6 is 0 Å². The molecule has 0 spiro atoms. The quantitative estimate of drug-likeness (QED) is 0.619. The maximum absolute atomic E-state index is 5.76. The van der Waals surface area contributed by atoms with E-state index in [-0.39, 0.29) is 0 Å². The molecule has 2 rings (SSSR count). The molecular weight excluding hydrogens is 208 g/mol. The highest BCUT2D eigenvalue weighted by Crippen LogP contribution is 2.36. The molecule has 1 unspecified atom stereocenters. The molecule has 2 nitrogen and oxygen atoms in total. The van der Waals surface area contributed by atoms with Crippen LogP contribution < -0.4 is 11.3 Å². The van der Waals surface area contributed by atoms with Gasteiger partial charge >= 0.3 is 0 Å². The minimum absolute atomic E-state index is 0.322. The summed E-state index contributed by atoms with van der Waals surface area (Å²) in [6, 6.07) is 9.08. The van der Waals surface area contributed by atoms with Gasteiger partial charge in [-0.2, -0.15) is 0 Å². The standard InChI is InChI=1S/C15H24N2/c1-11-3-7-13(8-4-11)15(17-16)14-9-5-12(2)6-10-14/h3-4,7-8,12,14-15,17H,5-6,9-10,16H2,1-2H3. The van der Waals surface area contributed by atoms with Gasteiger partial charge in [-0.05, 0) is 37.2 Å². The van der Waals surface area contributed by atoms with Gasteiger partial charge in [0.2, 0.25) is 0 Å². The first-order valence-electron chi connectivity index (χ1n) is 6.73. The maximum atomic E-state index is 5.76. The Morgan fingerprint density at radius 2 is 1.71 bits per heavy atom. The van der Waals surface area contributed by atoms with E-state index in [9.17, 15) is 0 Å². The molecule has 0 saturated heterocycles. The van der Waals surface area contributed by atoms with E-state index < -0.39 is 0 Å². The third-order valence-electron chi connectivity index (χ3n) is 4.15. The highest BCUT2D eigenvalue weighted by atomic mass is 15.2. The fraction of sp³-hybridized carbons (Fsp3) is 0.600. The fourth-order valence-corrected chi connectivity index (χ4v) is 2.90. The van der Waals surface area contributed by atoms with Crippen molar-refractivity contribution in [2.45, 2.75) is 45.6 Å². The minimum Gasteiger partial charge on any atom is -0.271 e. The van der Waals surface area contributed by atoms with Gasteiger partial charge in [0.1, 0.15) is 0 Å². The molecule has 1 fully saturated rings. The van der Waals surface area contributed by atoms with E-state index in [1.807, 2.05) is 0 Å². The van der Waals surface area contributed by atoms with Crippen molar-refractivity contribution in [2.24, 2.45) is 17.7 Å². The topological polar surface area (TPSA) is 38.0 Å². The van der Waals surface area contributed by atoms with Gasteiger partial charge in [0.25, 0.3) is 0 Å². The molecule has 17 heavy (non-hydrogen) atoms. The molecule has 0 amide bonds. The molecule has 1 atom stereocenters. The Kier molecular flexibility index (Phi) is 4.19. The van der Waals surface area contributed by atoms with Crippen LogP contribution in [-0.4, -0.2) is 0 Å². The van der Waals surface area contributed by atoms with Gasteiger partial charge in [-0.1, -0.05) is 49.6 Å². The third kappa shape index (κ3) is 3.08. The van der Waals surface area contributed by atoms with Crippen LogP contribution in [0.5, 0.6) is 0 Å². The lowest BCUT2D eigenvalue weighted by Gasteiger charge is -2.32. The van der Waals surface area contributed by atoms with Crippen LogP contribution in [0.3, 0.4) is 0 Å². The van der Waals surface area contributed by atoms with Crippen molar-refractivity contribution >= 4 is 0 Å². The molecule has 94 valence electrons. The van der Waals surface area contributed by atoms with Crippen molar-refractivity contribution in [3.63, 3.8) is 0 Å². The molecule has 0 heterocycles. The summed E-state index contributed by atoms with van der Waals surface area (Å²) >= 11 is 0. The van der Waals surface area contributed by atoms with E-state index in [2.05, 4.69) is 43.5 Å². The predicted molar refractivity (Wildman–Crippen MR) is 72.4 cm³/mol. The van der Waals surface area contributed by atoms with Crippen LogP contribution in [0, 0.1) is 18.8 Å². The van der Waals surface area contributed by atoms with E-state index in [1.165, 1.54) is 36.8 Å². The van der Waals surface area contributed by atoms with Gasteiger partial charge in [0.05, 0.1) is 0 Å². The molecule has 1 aromatic carbocycles. The maximum Gasteiger partial charge on any atom is 0.0488 e. The second kappa shape index (κ2) is 5.65. The zero-order valence-corrected chi connectivity index (χ0v) is 10.9. The first-order chi connectivity index (χ1) is 8.20. The van der Waals surface area contributed by atoms with E-state index in [1.54, 1.807) is 0 Å². The number of aryl methyl sites for hydroxylation is 1. The SMILES string of the molecule is Cc1ccc(C(NN)C2CCC(C)CC2)cc1. The van der Waals surface area contributed by atoms with E-state index >= 15 is 0 Å². The number of nitrogens with two attached hydrogens (primary N) is 1. The molecule has 1 aliphatic carbocycles. The molecule has 0 aromatic heterocycles. The summed E-state index contributed by atoms with van der Waals surface area (Å²) in [5.74, 6) is 7.34. The summed E-state index contributed by atoms with van der Waals surface area (Å²) in [7, 11) is 0. The number of hydrogen-bond acceptors (Lipinski definition) is 2. The molecule has 0 bridgehead atoms. The van der Waals surface area contributed by atoms with Gasteiger partial charge in [0, 0.05) is 6.04 Å². The summed E-state index contributed by atoms with van der Waals surface area (Å²) in [6.07, 6.45) is 5.28. The Morgan fingerprint density at radius 1 is 1.12 bits per heavy atom. The summed E-state index contributed by atoms with van der Waals surface area (Å²) in [5, 5.41) is 0. The average molecular weight is 232 g/mol. The van der Waals surface area contributed by atoms with Crippen molar-refractivity contribution in [3.8, 4) is 0 Å². The molecule has 1 aromatic rings. The normalized spacial score (nSPS) is 26.8. The number of benzene rings is 1. The Labute approximate surface area is 105 Å². The van der Waals surface area contributed by atoms with Gasteiger partial charge < -0.3 is 0 Å². The second-order valence-electron chi connectivity index (χ2n) is 5.57. The van der Waals surface area contributed by atoms with Crippen LogP contribution in [0.25, 0.3) is 0 Å². The Morgan fingerprint density at radius 3 is 2.24 bits per heavy atom. The first kappa shape index (κ1) is 12.6. The van der Waals surface area contributed by atoms with Crippen molar-refractivity contribution in [3.05, 3.63) is 35.4 Å². The van der Waals surface area contributed by atoms with Crippen LogP contribution in [0.4, 0.5) is 0 Å². The monoisotopic (exact) mass is 232 g/mol. The van der Waals surface area contributed by atoms with Crippen LogP contribution in [0.15, 0.2) is 24.3 Å². The van der Waals surface area contributed by atoms with Crippen molar-refractivity contribution in [2.75, 3.05) is 0 Å². The first-order valence-corrected chi connectivity index (χ1v) is 6.73. The highest BCUT2D eigenvalue weighted by Gasteiger charge is 2.26. The van der Waals surface area contributed by atoms with Crippen molar-refractivity contribution < 1.29 is 0 Å². The molecule has 1 saturated carbocycles. The Hall–Kier alpha value is -0.860. The lowest BCUT2D eigenvalue weighted by atomic mass is 9.77. The zero-order valence-electron chi connectivity index (χ0n) is 10.9. The van der Waals surface area contributed by atoms with Crippen LogP contribution in [0.1, 0.15) is 49.8 Å². The summed E-state index contributed by atoms with van der Waals surface area (Å²) in [5.41, 5.74) is 5.66. The molecule has 2 heteroatoms. The van der Waals surface area contributed by atoms with E-state index in [4.69, 9.17) is 5.84 Å². The fourth-order valence-electron chi connectivity index (χ4n) is 2.90. The van der Waals surface area contributed by atoms with Gasteiger partial charge in [-0.15, -0.1) is 0 Å². The summed E-state index contributed by atoms with van der Waals surface area (Å²) < 4.78 is 0. The Balaban J connectivity index is 2.08. The van der Waals surface area contributed by atoms with Crippen LogP contribution in [-0.2, 0) is 0 Å². The van der Waals surface area contributed by atoms with E-state index in [0.29, 0.717) is 12.0 Å². The number of hydrazine groups is 1. The minimum atomic E-state index is 0.322. The molecule has 0 radical (unpaired) electrons. The summed E-state index contributed by atoms with van der Waals surface area (Å²) in [4.78, 5) is 0. The third-order valence-corrected chi connectivity index (χ3v) is 4.15. The predicted octanol–water partition coefficient (Wildman–Crippen LogP) is 3.33. The van der Waals surface area contributed by atoms with Crippen LogP contribution in [0.2, 0.25) is 0 Å². The molecule has 3 N–H and O–H groups in total. The summed E-state index contributed by atoms with van der Waals surface area (Å²) in [6.45, 7) is 4.48. The number of nitrogens with one attached hydrogen (secondary N) is 1. The van der Waals surface area contributed by atoms with Gasteiger partial charge in [0.15, 0.2) is 0 Å². The average Bonchev–Trinajstić information content (AvgIpc) is 2.35. The van der Waals surface area contributed by atoms with Crippen molar-refractivity contribution in [1.82, 2.24) is 5.43 Å². The highest BCUT2D eigenvalue weighted by molar-refractivity contribution is 5.24. The van der Waals surface area contributed by atoms with Crippen molar-refractivity contribution in [1.29, 1.82) is 0 Å². The lowest BCUT2D eigenvalue weighted by molar-refractivity contribution is 0.232. The largest absolute Gasteiger partial charge is 0.271 e. The van der Waals surface area contributed by atoms with Gasteiger partial charge in [-0.25, -0.2) is 0 Å². The zero-order chi connectivity index (χ0) is 12.3. The van der Waals surface area contributed by atoms with E-state index in [0.717, 1.165) is 5.92 Å². The number of rotatable bonds is 3. The molecule has 1 aliphatic rings. The second-order valence-corrected chi connectivity index (χ2v) is 5.57. The van der Waals surface area contributed by atoms with Gasteiger partial charge in [-0.3, -0.25) is 11.3 Å². The molecule has 0 aliphatic heterocycles. The molecular formula is C15H24N2.